The topological polar surface area (TPSA) is 82.0 Å². The average Bonchev–Trinajstić information content (AvgIpc) is 2.47. The highest BCUT2D eigenvalue weighted by molar-refractivity contribution is 5.60. The molecule has 6 nitrogen and oxygen atoms in total. The number of unbranched alkanes of at least 4 members (excludes halogenated alkanes) is 2. The lowest BCUT2D eigenvalue weighted by Gasteiger charge is -2.17. The summed E-state index contributed by atoms with van der Waals surface area (Å²) in [4.78, 5) is 24.8. The maximum Gasteiger partial charge on any atom is 0.332 e. The van der Waals surface area contributed by atoms with E-state index in [4.69, 9.17) is 5.73 Å². The summed E-state index contributed by atoms with van der Waals surface area (Å²) in [6, 6.07) is 0. The van der Waals surface area contributed by atoms with Gasteiger partial charge in [0.15, 0.2) is 0 Å². The number of rotatable bonds is 9. The van der Waals surface area contributed by atoms with Crippen LogP contribution in [-0.4, -0.2) is 15.7 Å². The van der Waals surface area contributed by atoms with Crippen LogP contribution >= 0.6 is 0 Å². The van der Waals surface area contributed by atoms with E-state index in [-0.39, 0.29) is 17.1 Å². The van der Waals surface area contributed by atoms with Crippen molar-refractivity contribution in [2.45, 2.75) is 66.0 Å². The summed E-state index contributed by atoms with van der Waals surface area (Å²) in [7, 11) is 0. The number of aromatic nitrogens is 2. The fourth-order valence-electron chi connectivity index (χ4n) is 2.33. The van der Waals surface area contributed by atoms with Crippen LogP contribution in [0, 0.1) is 0 Å². The minimum absolute atomic E-state index is 0.260. The van der Waals surface area contributed by atoms with Gasteiger partial charge >= 0.3 is 5.69 Å². The summed E-state index contributed by atoms with van der Waals surface area (Å²) >= 11 is 0. The van der Waals surface area contributed by atoms with E-state index in [9.17, 15) is 9.59 Å². The number of hydrogen-bond acceptors (Lipinski definition) is 4. The molecule has 0 aliphatic rings. The molecule has 0 radical (unpaired) electrons. The first-order chi connectivity index (χ1) is 10.1. The van der Waals surface area contributed by atoms with E-state index in [1.165, 1.54) is 9.13 Å². The molecule has 6 heteroatoms. The molecule has 0 saturated carbocycles. The van der Waals surface area contributed by atoms with Gasteiger partial charge in [-0.2, -0.15) is 0 Å². The number of nitrogens with two attached hydrogens (primary N) is 1. The Morgan fingerprint density at radius 2 is 1.57 bits per heavy atom. The van der Waals surface area contributed by atoms with Crippen molar-refractivity contribution in [2.75, 3.05) is 17.6 Å². The molecule has 21 heavy (non-hydrogen) atoms. The molecule has 3 N–H and O–H groups in total. The van der Waals surface area contributed by atoms with Crippen molar-refractivity contribution in [3.05, 3.63) is 20.8 Å². The zero-order valence-electron chi connectivity index (χ0n) is 13.4. The number of hydrogen-bond donors (Lipinski definition) is 2. The van der Waals surface area contributed by atoms with Gasteiger partial charge in [0.1, 0.15) is 11.5 Å². The second-order valence-corrected chi connectivity index (χ2v) is 5.29. The van der Waals surface area contributed by atoms with Gasteiger partial charge in [-0.15, -0.1) is 0 Å². The summed E-state index contributed by atoms with van der Waals surface area (Å²) in [6.07, 6.45) is 4.73. The summed E-state index contributed by atoms with van der Waals surface area (Å²) in [5, 5.41) is 3.12. The highest BCUT2D eigenvalue weighted by Crippen LogP contribution is 2.12. The van der Waals surface area contributed by atoms with Gasteiger partial charge in [-0.25, -0.2) is 4.79 Å². The van der Waals surface area contributed by atoms with Crippen LogP contribution < -0.4 is 22.3 Å². The lowest BCUT2D eigenvalue weighted by molar-refractivity contribution is 0.547. The third-order valence-electron chi connectivity index (χ3n) is 3.44. The smallest absolute Gasteiger partial charge is 0.332 e. The molecule has 1 heterocycles. The lowest BCUT2D eigenvalue weighted by Crippen LogP contribution is -2.42. The van der Waals surface area contributed by atoms with Crippen LogP contribution in [0.25, 0.3) is 0 Å². The van der Waals surface area contributed by atoms with E-state index in [0.29, 0.717) is 25.3 Å². The van der Waals surface area contributed by atoms with Crippen molar-refractivity contribution in [2.24, 2.45) is 0 Å². The summed E-state index contributed by atoms with van der Waals surface area (Å²) in [5.74, 6) is 0.260. The molecule has 0 unspecified atom stereocenters. The van der Waals surface area contributed by atoms with Gasteiger partial charge in [0.05, 0.1) is 0 Å². The van der Waals surface area contributed by atoms with Gasteiger partial charge in [-0.05, 0) is 19.3 Å². The fourth-order valence-corrected chi connectivity index (χ4v) is 2.33. The van der Waals surface area contributed by atoms with Crippen LogP contribution in [0.5, 0.6) is 0 Å². The standard InChI is InChI=1S/C15H28N4O2/c1-4-7-8-9-17-12-13(16)18(10-5-2)15(21)19(11-6-3)14(12)20/h17H,4-11,16H2,1-3H3. The number of nitrogen functional groups attached to an aromatic ring is 1. The largest absolute Gasteiger partial charge is 0.383 e. The van der Waals surface area contributed by atoms with Crippen LogP contribution in [0.1, 0.15) is 52.9 Å². The Labute approximate surface area is 126 Å². The van der Waals surface area contributed by atoms with E-state index in [1.54, 1.807) is 0 Å². The fraction of sp³-hybridized carbons (Fsp3) is 0.733. The average molecular weight is 296 g/mol. The number of anilines is 2. The minimum atomic E-state index is -0.305. The van der Waals surface area contributed by atoms with Gasteiger partial charge in [0, 0.05) is 19.6 Å². The molecular formula is C15H28N4O2. The summed E-state index contributed by atoms with van der Waals surface area (Å²) < 4.78 is 2.79. The van der Waals surface area contributed by atoms with Crippen molar-refractivity contribution in [3.8, 4) is 0 Å². The molecule has 1 aromatic heterocycles. The molecule has 1 aromatic rings. The second-order valence-electron chi connectivity index (χ2n) is 5.29. The molecule has 0 aromatic carbocycles. The number of nitrogens with zero attached hydrogens (tertiary/aromatic N) is 2. The Bertz CT molecular complexity index is 560. The molecular weight excluding hydrogens is 268 g/mol. The first-order valence-corrected chi connectivity index (χ1v) is 7.95. The lowest BCUT2D eigenvalue weighted by atomic mass is 10.2. The first kappa shape index (κ1) is 17.3. The normalized spacial score (nSPS) is 10.8. The molecule has 1 rings (SSSR count). The molecule has 0 aliphatic carbocycles. The van der Waals surface area contributed by atoms with Crippen LogP contribution in [-0.2, 0) is 13.1 Å². The van der Waals surface area contributed by atoms with Gasteiger partial charge in [0.25, 0.3) is 5.56 Å². The second kappa shape index (κ2) is 8.54. The molecule has 0 fully saturated rings. The molecule has 0 atom stereocenters. The third-order valence-corrected chi connectivity index (χ3v) is 3.44. The molecule has 0 spiro atoms. The van der Waals surface area contributed by atoms with Crippen molar-refractivity contribution < 1.29 is 0 Å². The van der Waals surface area contributed by atoms with E-state index < -0.39 is 0 Å². The Morgan fingerprint density at radius 1 is 0.952 bits per heavy atom. The maximum atomic E-state index is 12.4. The minimum Gasteiger partial charge on any atom is -0.383 e. The van der Waals surface area contributed by atoms with Crippen molar-refractivity contribution in [3.63, 3.8) is 0 Å². The first-order valence-electron chi connectivity index (χ1n) is 7.95. The van der Waals surface area contributed by atoms with E-state index in [2.05, 4.69) is 12.2 Å². The summed E-state index contributed by atoms with van der Waals surface area (Å²) in [5.41, 5.74) is 5.80. The Hall–Kier alpha value is -1.72. The van der Waals surface area contributed by atoms with Crippen molar-refractivity contribution >= 4 is 11.5 Å². The molecule has 0 aliphatic heterocycles. The predicted molar refractivity (Wildman–Crippen MR) is 88.0 cm³/mol. The molecule has 0 bridgehead atoms. The van der Waals surface area contributed by atoms with E-state index >= 15 is 0 Å². The molecule has 120 valence electrons. The van der Waals surface area contributed by atoms with Gasteiger partial charge in [0.2, 0.25) is 0 Å². The predicted octanol–water partition coefficient (Wildman–Crippen LogP) is 2.01. The summed E-state index contributed by atoms with van der Waals surface area (Å²) in [6.45, 7) is 7.70. The van der Waals surface area contributed by atoms with E-state index in [0.717, 1.165) is 32.1 Å². The van der Waals surface area contributed by atoms with Crippen molar-refractivity contribution in [1.29, 1.82) is 0 Å². The van der Waals surface area contributed by atoms with Crippen LogP contribution in [0.4, 0.5) is 11.5 Å². The Kier molecular flexibility index (Phi) is 7.05. The van der Waals surface area contributed by atoms with E-state index in [1.807, 2.05) is 13.8 Å². The monoisotopic (exact) mass is 296 g/mol. The number of nitrogens with one attached hydrogen (secondary N) is 1. The Morgan fingerprint density at radius 3 is 2.14 bits per heavy atom. The molecule has 0 saturated heterocycles. The zero-order valence-corrected chi connectivity index (χ0v) is 13.4. The van der Waals surface area contributed by atoms with Crippen LogP contribution in [0.2, 0.25) is 0 Å². The van der Waals surface area contributed by atoms with Gasteiger partial charge in [-0.3, -0.25) is 13.9 Å². The van der Waals surface area contributed by atoms with Gasteiger partial charge < -0.3 is 11.1 Å². The Balaban J connectivity index is 3.21. The maximum absolute atomic E-state index is 12.4. The van der Waals surface area contributed by atoms with Crippen LogP contribution in [0.3, 0.4) is 0 Å². The highest BCUT2D eigenvalue weighted by Gasteiger charge is 2.15. The molecule has 0 amide bonds. The van der Waals surface area contributed by atoms with Gasteiger partial charge in [-0.1, -0.05) is 33.6 Å². The van der Waals surface area contributed by atoms with Crippen LogP contribution in [0.15, 0.2) is 9.59 Å². The third kappa shape index (κ3) is 4.12. The highest BCUT2D eigenvalue weighted by atomic mass is 16.2. The zero-order chi connectivity index (χ0) is 15.8. The van der Waals surface area contributed by atoms with Crippen molar-refractivity contribution in [1.82, 2.24) is 9.13 Å². The quantitative estimate of drug-likeness (QED) is 0.683. The SMILES string of the molecule is CCCCCNc1c(N)n(CCC)c(=O)n(CCC)c1=O.